The van der Waals surface area contributed by atoms with Gasteiger partial charge in [0.1, 0.15) is 0 Å². The topological polar surface area (TPSA) is 91.7 Å². The van der Waals surface area contributed by atoms with Crippen LogP contribution in [0.2, 0.25) is 0 Å². The molecule has 0 atom stereocenters. The largest absolute Gasteiger partial charge is 0.459 e. The number of carbonyl (C=O) groups excluding carboxylic acids is 3. The Kier molecular flexibility index (Phi) is 5.98. The number of rotatable bonds is 6. The van der Waals surface area contributed by atoms with Gasteiger partial charge in [0.15, 0.2) is 5.76 Å². The number of nitrogens with zero attached hydrogens (tertiary/aromatic N) is 1. The highest BCUT2D eigenvalue weighted by molar-refractivity contribution is 6.05. The van der Waals surface area contributed by atoms with Crippen molar-refractivity contribution in [3.05, 3.63) is 96.4 Å². The van der Waals surface area contributed by atoms with Gasteiger partial charge in [-0.3, -0.25) is 14.4 Å². The van der Waals surface area contributed by atoms with E-state index in [1.807, 2.05) is 42.5 Å². The van der Waals surface area contributed by atoms with Crippen molar-refractivity contribution in [1.29, 1.82) is 0 Å². The molecule has 2 N–H and O–H groups in total. The van der Waals surface area contributed by atoms with Crippen molar-refractivity contribution in [1.82, 2.24) is 4.90 Å². The van der Waals surface area contributed by atoms with Crippen molar-refractivity contribution in [3.63, 3.8) is 0 Å². The fourth-order valence-electron chi connectivity index (χ4n) is 3.33. The molecule has 0 aliphatic carbocycles. The maximum Gasteiger partial charge on any atom is 0.291 e. The first kappa shape index (κ1) is 20.9. The van der Waals surface area contributed by atoms with Crippen LogP contribution in [0, 0.1) is 0 Å². The molecule has 7 nitrogen and oxygen atoms in total. The van der Waals surface area contributed by atoms with Crippen LogP contribution in [0.1, 0.15) is 20.9 Å². The fourth-order valence-corrected chi connectivity index (χ4v) is 3.33. The highest BCUT2D eigenvalue weighted by atomic mass is 16.3. The third kappa shape index (κ3) is 4.67. The predicted molar refractivity (Wildman–Crippen MR) is 123 cm³/mol. The van der Waals surface area contributed by atoms with Gasteiger partial charge >= 0.3 is 0 Å². The second kappa shape index (κ2) is 9.18. The summed E-state index contributed by atoms with van der Waals surface area (Å²) >= 11 is 0. The first-order valence-corrected chi connectivity index (χ1v) is 9.99. The highest BCUT2D eigenvalue weighted by Crippen LogP contribution is 2.23. The van der Waals surface area contributed by atoms with Crippen LogP contribution < -0.4 is 10.6 Å². The van der Waals surface area contributed by atoms with Gasteiger partial charge in [0.25, 0.3) is 11.8 Å². The standard InChI is InChI=1S/C25H21N3O4/c1-28(16-23(29)27-21-9-4-7-17-6-2-3-8-20(17)21)25(31)18-11-13-19(14-12-18)26-24(30)22-10-5-15-32-22/h2-15H,16H2,1H3,(H,26,30)(H,27,29). The summed E-state index contributed by atoms with van der Waals surface area (Å²) in [5, 5.41) is 7.53. The first-order chi connectivity index (χ1) is 15.5. The minimum atomic E-state index is -0.378. The van der Waals surface area contributed by atoms with Crippen LogP contribution in [0.15, 0.2) is 89.5 Å². The minimum absolute atomic E-state index is 0.0982. The van der Waals surface area contributed by atoms with Crippen LogP contribution in [-0.4, -0.2) is 36.2 Å². The van der Waals surface area contributed by atoms with Gasteiger partial charge in [-0.1, -0.05) is 36.4 Å². The number of furan rings is 1. The molecule has 0 aliphatic heterocycles. The zero-order chi connectivity index (χ0) is 22.5. The van der Waals surface area contributed by atoms with Crippen molar-refractivity contribution in [3.8, 4) is 0 Å². The van der Waals surface area contributed by atoms with Gasteiger partial charge in [-0.05, 0) is 47.9 Å². The zero-order valence-corrected chi connectivity index (χ0v) is 17.4. The Morgan fingerprint density at radius 3 is 2.34 bits per heavy atom. The van der Waals surface area contributed by atoms with E-state index < -0.39 is 0 Å². The molecule has 4 rings (SSSR count). The van der Waals surface area contributed by atoms with E-state index in [9.17, 15) is 14.4 Å². The van der Waals surface area contributed by atoms with Crippen LogP contribution in [-0.2, 0) is 4.79 Å². The molecule has 7 heteroatoms. The smallest absolute Gasteiger partial charge is 0.291 e. The van der Waals surface area contributed by atoms with Gasteiger partial charge in [-0.25, -0.2) is 0 Å². The summed E-state index contributed by atoms with van der Waals surface area (Å²) in [7, 11) is 1.57. The Bertz CT molecular complexity index is 1260. The average molecular weight is 427 g/mol. The lowest BCUT2D eigenvalue weighted by Crippen LogP contribution is -2.34. The molecule has 0 saturated heterocycles. The first-order valence-electron chi connectivity index (χ1n) is 9.99. The molecule has 0 spiro atoms. The van der Waals surface area contributed by atoms with Crippen LogP contribution in [0.4, 0.5) is 11.4 Å². The second-order valence-corrected chi connectivity index (χ2v) is 7.24. The molecular weight excluding hydrogens is 406 g/mol. The summed E-state index contributed by atoms with van der Waals surface area (Å²) in [6.07, 6.45) is 1.42. The molecule has 0 saturated carbocycles. The Hall–Kier alpha value is -4.39. The van der Waals surface area contributed by atoms with Gasteiger partial charge in [-0.2, -0.15) is 0 Å². The molecule has 1 aromatic heterocycles. The average Bonchev–Trinajstić information content (AvgIpc) is 3.34. The second-order valence-electron chi connectivity index (χ2n) is 7.24. The molecule has 3 amide bonds. The van der Waals surface area contributed by atoms with Crippen molar-refractivity contribution >= 4 is 39.9 Å². The molecule has 3 aromatic carbocycles. The highest BCUT2D eigenvalue weighted by Gasteiger charge is 2.16. The van der Waals surface area contributed by atoms with Crippen molar-refractivity contribution in [2.75, 3.05) is 24.2 Å². The Morgan fingerprint density at radius 2 is 1.59 bits per heavy atom. The maximum absolute atomic E-state index is 12.7. The maximum atomic E-state index is 12.7. The summed E-state index contributed by atoms with van der Waals surface area (Å²) in [6.45, 7) is -0.0982. The third-order valence-corrected chi connectivity index (χ3v) is 4.93. The van der Waals surface area contributed by atoms with E-state index >= 15 is 0 Å². The minimum Gasteiger partial charge on any atom is -0.459 e. The molecule has 0 aliphatic rings. The number of likely N-dealkylation sites (N-methyl/N-ethyl adjacent to an activating group) is 1. The molecule has 0 radical (unpaired) electrons. The number of nitrogens with one attached hydrogen (secondary N) is 2. The van der Waals surface area contributed by atoms with Gasteiger partial charge in [-0.15, -0.1) is 0 Å². The zero-order valence-electron chi connectivity index (χ0n) is 17.4. The predicted octanol–water partition coefficient (Wildman–Crippen LogP) is 4.40. The third-order valence-electron chi connectivity index (χ3n) is 4.93. The lowest BCUT2D eigenvalue weighted by Gasteiger charge is -2.17. The monoisotopic (exact) mass is 427 g/mol. The van der Waals surface area contributed by atoms with Gasteiger partial charge in [0, 0.05) is 29.4 Å². The van der Waals surface area contributed by atoms with Crippen molar-refractivity contribution in [2.45, 2.75) is 0 Å². The summed E-state index contributed by atoms with van der Waals surface area (Å²) in [4.78, 5) is 38.6. The van der Waals surface area contributed by atoms with Crippen LogP contribution in [0.5, 0.6) is 0 Å². The lowest BCUT2D eigenvalue weighted by molar-refractivity contribution is -0.116. The van der Waals surface area contributed by atoms with E-state index in [-0.39, 0.29) is 30.0 Å². The van der Waals surface area contributed by atoms with Gasteiger partial charge in [0.05, 0.1) is 12.8 Å². The molecule has 0 fully saturated rings. The molecule has 32 heavy (non-hydrogen) atoms. The summed E-state index contributed by atoms with van der Waals surface area (Å²) < 4.78 is 5.05. The summed E-state index contributed by atoms with van der Waals surface area (Å²) in [5.74, 6) is -0.778. The van der Waals surface area contributed by atoms with E-state index in [4.69, 9.17) is 4.42 Å². The van der Waals surface area contributed by atoms with E-state index in [1.165, 1.54) is 11.2 Å². The SMILES string of the molecule is CN(CC(=O)Nc1cccc2ccccc12)C(=O)c1ccc(NC(=O)c2ccco2)cc1. The molecule has 0 unspecified atom stereocenters. The Balaban J connectivity index is 1.36. The normalized spacial score (nSPS) is 10.5. The molecule has 160 valence electrons. The van der Waals surface area contributed by atoms with Crippen molar-refractivity contribution in [2.24, 2.45) is 0 Å². The fraction of sp³-hybridized carbons (Fsp3) is 0.0800. The molecule has 1 heterocycles. The van der Waals surface area contributed by atoms with Crippen LogP contribution >= 0.6 is 0 Å². The number of carbonyl (C=O) groups is 3. The Labute approximate surface area is 184 Å². The number of anilines is 2. The Morgan fingerprint density at radius 1 is 0.844 bits per heavy atom. The van der Waals surface area contributed by atoms with E-state index in [0.717, 1.165) is 10.8 Å². The van der Waals surface area contributed by atoms with E-state index in [2.05, 4.69) is 10.6 Å². The van der Waals surface area contributed by atoms with Gasteiger partial charge in [0.2, 0.25) is 5.91 Å². The molecule has 0 bridgehead atoms. The molecule has 4 aromatic rings. The van der Waals surface area contributed by atoms with E-state index in [0.29, 0.717) is 16.9 Å². The van der Waals surface area contributed by atoms with Crippen LogP contribution in [0.25, 0.3) is 10.8 Å². The summed E-state index contributed by atoms with van der Waals surface area (Å²) in [5.41, 5.74) is 1.63. The lowest BCUT2D eigenvalue weighted by atomic mass is 10.1. The van der Waals surface area contributed by atoms with Gasteiger partial charge < -0.3 is 20.0 Å². The number of fused-ring (bicyclic) bond motifs is 1. The number of amides is 3. The number of hydrogen-bond donors (Lipinski definition) is 2. The van der Waals surface area contributed by atoms with E-state index in [1.54, 1.807) is 43.4 Å². The quantitative estimate of drug-likeness (QED) is 0.477. The molecular formula is C25H21N3O4. The van der Waals surface area contributed by atoms with Crippen molar-refractivity contribution < 1.29 is 18.8 Å². The number of hydrogen-bond acceptors (Lipinski definition) is 4. The number of benzene rings is 3. The summed E-state index contributed by atoms with van der Waals surface area (Å²) in [6, 6.07) is 23.1. The van der Waals surface area contributed by atoms with Crippen LogP contribution in [0.3, 0.4) is 0 Å².